The molecule has 1 unspecified atom stereocenters. The van der Waals surface area contributed by atoms with Crippen LogP contribution in [0.25, 0.3) is 0 Å². The molecule has 0 saturated carbocycles. The van der Waals surface area contributed by atoms with E-state index in [1.54, 1.807) is 16.8 Å². The third kappa shape index (κ3) is 3.88. The van der Waals surface area contributed by atoms with Crippen LogP contribution in [0.1, 0.15) is 30.5 Å². The van der Waals surface area contributed by atoms with Gasteiger partial charge in [-0.15, -0.1) is 21.5 Å². The lowest BCUT2D eigenvalue weighted by atomic mass is 9.97. The van der Waals surface area contributed by atoms with Gasteiger partial charge in [-0.25, -0.2) is 4.98 Å². The van der Waals surface area contributed by atoms with E-state index in [9.17, 15) is 4.79 Å². The Bertz CT molecular complexity index is 613. The Morgan fingerprint density at radius 3 is 3.14 bits per heavy atom. The number of hydrogen-bond donors (Lipinski definition) is 1. The number of nitrogens with one attached hydrogen (secondary N) is 1. The van der Waals surface area contributed by atoms with Crippen LogP contribution in [-0.2, 0) is 17.8 Å². The number of rotatable bonds is 5. The summed E-state index contributed by atoms with van der Waals surface area (Å²) in [6.07, 6.45) is 2.95. The Morgan fingerprint density at radius 2 is 2.41 bits per heavy atom. The summed E-state index contributed by atoms with van der Waals surface area (Å²) >= 11 is 3.06. The van der Waals surface area contributed by atoms with Crippen LogP contribution in [0.15, 0.2) is 10.9 Å². The maximum Gasteiger partial charge on any atom is 0.230 e. The minimum Gasteiger partial charge on any atom is -0.300 e. The monoisotopic (exact) mass is 337 g/mol. The number of aromatic nitrogens is 3. The summed E-state index contributed by atoms with van der Waals surface area (Å²) in [7, 11) is 0. The fourth-order valence-electron chi connectivity index (χ4n) is 2.66. The number of piperidine rings is 1. The highest BCUT2D eigenvalue weighted by Gasteiger charge is 2.26. The van der Waals surface area contributed by atoms with E-state index in [2.05, 4.69) is 37.7 Å². The first-order chi connectivity index (χ1) is 10.7. The molecule has 118 valence electrons. The zero-order valence-electron chi connectivity index (χ0n) is 12.5. The summed E-state index contributed by atoms with van der Waals surface area (Å²) in [6, 6.07) is 0. The molecule has 1 saturated heterocycles. The molecule has 2 aromatic rings. The van der Waals surface area contributed by atoms with Crippen LogP contribution in [0.2, 0.25) is 0 Å². The molecule has 2 aromatic heterocycles. The third-order valence-electron chi connectivity index (χ3n) is 3.75. The van der Waals surface area contributed by atoms with Gasteiger partial charge in [-0.1, -0.05) is 18.3 Å². The molecule has 0 bridgehead atoms. The Balaban J connectivity index is 1.55. The first kappa shape index (κ1) is 15.5. The molecule has 6 nitrogen and oxygen atoms in total. The van der Waals surface area contributed by atoms with Crippen molar-refractivity contribution in [3.63, 3.8) is 0 Å². The molecular weight excluding hydrogens is 318 g/mol. The van der Waals surface area contributed by atoms with Crippen LogP contribution >= 0.6 is 22.7 Å². The van der Waals surface area contributed by atoms with Crippen molar-refractivity contribution < 1.29 is 4.79 Å². The molecule has 0 radical (unpaired) electrons. The number of carbonyl (C=O) groups excluding carboxylic acids is 1. The van der Waals surface area contributed by atoms with Crippen molar-refractivity contribution in [3.05, 3.63) is 21.6 Å². The number of nitrogens with zero attached hydrogens (tertiary/aromatic N) is 4. The van der Waals surface area contributed by atoms with E-state index in [4.69, 9.17) is 0 Å². The van der Waals surface area contributed by atoms with Crippen molar-refractivity contribution in [2.45, 2.75) is 32.7 Å². The Morgan fingerprint density at radius 1 is 1.50 bits per heavy atom. The smallest absolute Gasteiger partial charge is 0.230 e. The second kappa shape index (κ2) is 7.26. The van der Waals surface area contributed by atoms with Gasteiger partial charge >= 0.3 is 0 Å². The molecule has 1 aliphatic heterocycles. The minimum absolute atomic E-state index is 0.0157. The molecule has 1 aliphatic rings. The fraction of sp³-hybridized carbons (Fsp3) is 0.571. The standard InChI is InChI=1S/C14H19N5OS2/c1-2-12-16-11(8-21-12)7-19-5-3-4-10(6-19)13(20)17-14-18-15-9-22-14/h8-10H,2-7H2,1H3,(H,17,18,20). The molecule has 1 fully saturated rings. The van der Waals surface area contributed by atoms with Crippen LogP contribution in [0.4, 0.5) is 5.13 Å². The van der Waals surface area contributed by atoms with Crippen LogP contribution in [0, 0.1) is 5.92 Å². The molecule has 3 rings (SSSR count). The van der Waals surface area contributed by atoms with E-state index in [-0.39, 0.29) is 11.8 Å². The second-order valence-electron chi connectivity index (χ2n) is 5.39. The zero-order valence-corrected chi connectivity index (χ0v) is 14.1. The lowest BCUT2D eigenvalue weighted by Gasteiger charge is -2.31. The molecule has 22 heavy (non-hydrogen) atoms. The van der Waals surface area contributed by atoms with Crippen LogP contribution in [0.5, 0.6) is 0 Å². The number of thiazole rings is 1. The van der Waals surface area contributed by atoms with Gasteiger partial charge in [0.25, 0.3) is 0 Å². The van der Waals surface area contributed by atoms with E-state index in [0.29, 0.717) is 5.13 Å². The summed E-state index contributed by atoms with van der Waals surface area (Å²) in [5, 5.41) is 14.3. The summed E-state index contributed by atoms with van der Waals surface area (Å²) in [5.74, 6) is 0.0657. The summed E-state index contributed by atoms with van der Waals surface area (Å²) < 4.78 is 0. The summed E-state index contributed by atoms with van der Waals surface area (Å²) in [5.41, 5.74) is 2.74. The minimum atomic E-state index is 0.0157. The predicted octanol–water partition coefficient (Wildman–Crippen LogP) is 2.41. The van der Waals surface area contributed by atoms with E-state index < -0.39 is 0 Å². The Labute approximate surface area is 137 Å². The van der Waals surface area contributed by atoms with Gasteiger partial charge in [0, 0.05) is 18.5 Å². The number of amides is 1. The van der Waals surface area contributed by atoms with Crippen molar-refractivity contribution in [2.75, 3.05) is 18.4 Å². The number of likely N-dealkylation sites (tertiary alicyclic amines) is 1. The quantitative estimate of drug-likeness (QED) is 0.907. The number of aryl methyl sites for hydroxylation is 1. The molecule has 1 atom stereocenters. The second-order valence-corrected chi connectivity index (χ2v) is 7.17. The van der Waals surface area contributed by atoms with Gasteiger partial charge < -0.3 is 5.32 Å². The molecule has 3 heterocycles. The first-order valence-electron chi connectivity index (χ1n) is 7.47. The van der Waals surface area contributed by atoms with Gasteiger partial charge in [-0.3, -0.25) is 9.69 Å². The third-order valence-corrected chi connectivity index (χ3v) is 5.40. The van der Waals surface area contributed by atoms with Crippen LogP contribution < -0.4 is 5.32 Å². The predicted molar refractivity (Wildman–Crippen MR) is 88.0 cm³/mol. The number of hydrogen-bond acceptors (Lipinski definition) is 7. The van der Waals surface area contributed by atoms with E-state index in [1.807, 2.05) is 0 Å². The number of carbonyl (C=O) groups is 1. The molecule has 0 aliphatic carbocycles. The van der Waals surface area contributed by atoms with E-state index >= 15 is 0 Å². The highest BCUT2D eigenvalue weighted by molar-refractivity contribution is 7.13. The fourth-order valence-corrected chi connectivity index (χ4v) is 3.85. The summed E-state index contributed by atoms with van der Waals surface area (Å²) in [4.78, 5) is 19.2. The lowest BCUT2D eigenvalue weighted by Crippen LogP contribution is -2.40. The number of anilines is 1. The highest BCUT2D eigenvalue weighted by Crippen LogP contribution is 2.21. The van der Waals surface area contributed by atoms with Gasteiger partial charge in [0.1, 0.15) is 5.51 Å². The van der Waals surface area contributed by atoms with Crippen molar-refractivity contribution in [1.29, 1.82) is 0 Å². The van der Waals surface area contributed by atoms with Gasteiger partial charge in [-0.05, 0) is 25.8 Å². The molecule has 1 N–H and O–H groups in total. The van der Waals surface area contributed by atoms with Gasteiger partial charge in [0.15, 0.2) is 0 Å². The van der Waals surface area contributed by atoms with Crippen molar-refractivity contribution in [3.8, 4) is 0 Å². The van der Waals surface area contributed by atoms with Crippen molar-refractivity contribution in [2.24, 2.45) is 5.92 Å². The van der Waals surface area contributed by atoms with Gasteiger partial charge in [-0.2, -0.15) is 0 Å². The Kier molecular flexibility index (Phi) is 5.12. The highest BCUT2D eigenvalue weighted by atomic mass is 32.1. The van der Waals surface area contributed by atoms with Gasteiger partial charge in [0.2, 0.25) is 11.0 Å². The molecule has 8 heteroatoms. The SMILES string of the molecule is CCc1nc(CN2CCCC(C(=O)Nc3nncs3)C2)cs1. The maximum absolute atomic E-state index is 12.3. The molecular formula is C14H19N5OS2. The molecule has 0 aromatic carbocycles. The van der Waals surface area contributed by atoms with E-state index in [0.717, 1.165) is 44.6 Å². The molecule has 0 spiro atoms. The average molecular weight is 337 g/mol. The normalized spacial score (nSPS) is 19.2. The maximum atomic E-state index is 12.3. The summed E-state index contributed by atoms with van der Waals surface area (Å²) in [6.45, 7) is 4.77. The van der Waals surface area contributed by atoms with Crippen molar-refractivity contribution in [1.82, 2.24) is 20.1 Å². The topological polar surface area (TPSA) is 71.0 Å². The zero-order chi connectivity index (χ0) is 15.4. The van der Waals surface area contributed by atoms with Crippen LogP contribution in [0.3, 0.4) is 0 Å². The molecule has 1 amide bonds. The Hall–Kier alpha value is -1.38. The van der Waals surface area contributed by atoms with Crippen molar-refractivity contribution >= 4 is 33.7 Å². The van der Waals surface area contributed by atoms with E-state index in [1.165, 1.54) is 16.3 Å². The average Bonchev–Trinajstić information content (AvgIpc) is 3.19. The lowest BCUT2D eigenvalue weighted by molar-refractivity contribution is -0.121. The largest absolute Gasteiger partial charge is 0.300 e. The first-order valence-corrected chi connectivity index (χ1v) is 9.23. The van der Waals surface area contributed by atoms with Crippen LogP contribution in [-0.4, -0.2) is 39.1 Å². The van der Waals surface area contributed by atoms with Gasteiger partial charge in [0.05, 0.1) is 16.6 Å².